The predicted molar refractivity (Wildman–Crippen MR) is 82.6 cm³/mol. The van der Waals surface area contributed by atoms with E-state index in [1.54, 1.807) is 6.07 Å². The predicted octanol–water partition coefficient (Wildman–Crippen LogP) is 3.44. The average Bonchev–Trinajstić information content (AvgIpc) is 2.48. The zero-order valence-electron chi connectivity index (χ0n) is 11.6. The van der Waals surface area contributed by atoms with Crippen molar-refractivity contribution in [1.82, 2.24) is 0 Å². The number of carboxylic acid groups (broad SMARTS) is 1. The highest BCUT2D eigenvalue weighted by Crippen LogP contribution is 2.24. The fraction of sp³-hybridized carbons (Fsp3) is 0.467. The largest absolute Gasteiger partial charge is 0.478 e. The summed E-state index contributed by atoms with van der Waals surface area (Å²) >= 11 is 3.30. The molecule has 6 heteroatoms. The van der Waals surface area contributed by atoms with Crippen molar-refractivity contribution in [2.45, 2.75) is 38.2 Å². The van der Waals surface area contributed by atoms with Crippen LogP contribution in [0.4, 0.5) is 5.69 Å². The van der Waals surface area contributed by atoms with Gasteiger partial charge in [0.15, 0.2) is 0 Å². The summed E-state index contributed by atoms with van der Waals surface area (Å²) in [6.07, 6.45) is 4.48. The summed E-state index contributed by atoms with van der Waals surface area (Å²) in [5.41, 5.74) is 0.619. The monoisotopic (exact) mass is 355 g/mol. The van der Waals surface area contributed by atoms with Crippen LogP contribution in [-0.4, -0.2) is 29.7 Å². The van der Waals surface area contributed by atoms with Crippen LogP contribution in [0.15, 0.2) is 22.7 Å². The number of halogens is 1. The van der Waals surface area contributed by atoms with E-state index in [4.69, 9.17) is 9.84 Å². The standard InChI is InChI=1S/C15H18BrNO4/c16-12-6-4-10(15(19)20)9-13(12)17-14(18)7-5-11-3-1-2-8-21-11/h4,6,9,11H,1-3,5,7-8H2,(H,17,18)(H,19,20). The third kappa shape index (κ3) is 4.82. The molecular formula is C15H18BrNO4. The highest BCUT2D eigenvalue weighted by molar-refractivity contribution is 9.10. The van der Waals surface area contributed by atoms with Gasteiger partial charge in [-0.1, -0.05) is 0 Å². The van der Waals surface area contributed by atoms with Crippen molar-refractivity contribution in [3.63, 3.8) is 0 Å². The summed E-state index contributed by atoms with van der Waals surface area (Å²) in [7, 11) is 0. The van der Waals surface area contributed by atoms with Crippen molar-refractivity contribution in [3.05, 3.63) is 28.2 Å². The fourth-order valence-electron chi connectivity index (χ4n) is 2.29. The number of ether oxygens (including phenoxy) is 1. The second-order valence-corrected chi connectivity index (χ2v) is 5.93. The molecule has 1 amide bonds. The Bertz CT molecular complexity index is 526. The molecule has 1 aliphatic heterocycles. The van der Waals surface area contributed by atoms with E-state index < -0.39 is 5.97 Å². The minimum Gasteiger partial charge on any atom is -0.478 e. The fourth-order valence-corrected chi connectivity index (χ4v) is 2.64. The number of hydrogen-bond donors (Lipinski definition) is 2. The topological polar surface area (TPSA) is 75.6 Å². The summed E-state index contributed by atoms with van der Waals surface area (Å²) in [5.74, 6) is -1.15. The number of carbonyl (C=O) groups is 2. The van der Waals surface area contributed by atoms with Gasteiger partial charge in [0.25, 0.3) is 0 Å². The molecule has 0 saturated carbocycles. The average molecular weight is 356 g/mol. The van der Waals surface area contributed by atoms with Crippen molar-refractivity contribution in [3.8, 4) is 0 Å². The minimum absolute atomic E-state index is 0.132. The first-order valence-corrected chi connectivity index (χ1v) is 7.80. The molecule has 1 aromatic rings. The van der Waals surface area contributed by atoms with E-state index in [0.29, 0.717) is 23.0 Å². The van der Waals surface area contributed by atoms with Crippen LogP contribution >= 0.6 is 15.9 Å². The quantitative estimate of drug-likeness (QED) is 0.848. The molecule has 1 atom stereocenters. The number of benzene rings is 1. The molecule has 1 saturated heterocycles. The molecule has 1 aliphatic rings. The first kappa shape index (κ1) is 16.0. The summed E-state index contributed by atoms with van der Waals surface area (Å²) < 4.78 is 6.25. The summed E-state index contributed by atoms with van der Waals surface area (Å²) in [5, 5.41) is 11.7. The molecule has 1 heterocycles. The van der Waals surface area contributed by atoms with E-state index in [-0.39, 0.29) is 17.6 Å². The van der Waals surface area contributed by atoms with Gasteiger partial charge >= 0.3 is 5.97 Å². The molecule has 2 N–H and O–H groups in total. The van der Waals surface area contributed by atoms with Gasteiger partial charge in [-0.25, -0.2) is 4.79 Å². The van der Waals surface area contributed by atoms with Crippen molar-refractivity contribution in [2.75, 3.05) is 11.9 Å². The molecule has 0 bridgehead atoms. The van der Waals surface area contributed by atoms with Gasteiger partial charge in [-0.05, 0) is 59.8 Å². The maximum atomic E-state index is 12.0. The molecule has 0 aromatic heterocycles. The van der Waals surface area contributed by atoms with Crippen LogP contribution in [0.3, 0.4) is 0 Å². The number of carboxylic acids is 1. The van der Waals surface area contributed by atoms with E-state index in [9.17, 15) is 9.59 Å². The van der Waals surface area contributed by atoms with Crippen LogP contribution in [0.2, 0.25) is 0 Å². The lowest BCUT2D eigenvalue weighted by molar-refractivity contribution is -0.117. The number of rotatable bonds is 5. The molecule has 0 radical (unpaired) electrons. The SMILES string of the molecule is O=C(CCC1CCCCO1)Nc1cc(C(=O)O)ccc1Br. The van der Waals surface area contributed by atoms with Gasteiger partial charge in [0, 0.05) is 17.5 Å². The van der Waals surface area contributed by atoms with Crippen molar-refractivity contribution < 1.29 is 19.4 Å². The number of amides is 1. The second-order valence-electron chi connectivity index (χ2n) is 5.08. The Morgan fingerprint density at radius 2 is 2.19 bits per heavy atom. The molecule has 21 heavy (non-hydrogen) atoms. The Kier molecular flexibility index (Phi) is 5.76. The van der Waals surface area contributed by atoms with Crippen LogP contribution in [-0.2, 0) is 9.53 Å². The first-order valence-electron chi connectivity index (χ1n) is 7.00. The lowest BCUT2D eigenvalue weighted by atomic mass is 10.0. The third-order valence-electron chi connectivity index (χ3n) is 3.45. The first-order chi connectivity index (χ1) is 10.1. The Balaban J connectivity index is 1.89. The minimum atomic E-state index is -1.02. The van der Waals surface area contributed by atoms with Crippen LogP contribution in [0, 0.1) is 0 Å². The zero-order valence-corrected chi connectivity index (χ0v) is 13.2. The Morgan fingerprint density at radius 1 is 1.38 bits per heavy atom. The highest BCUT2D eigenvalue weighted by Gasteiger charge is 2.16. The smallest absolute Gasteiger partial charge is 0.335 e. The number of carbonyl (C=O) groups excluding carboxylic acids is 1. The number of hydrogen-bond acceptors (Lipinski definition) is 3. The molecule has 2 rings (SSSR count). The van der Waals surface area contributed by atoms with E-state index in [1.165, 1.54) is 12.1 Å². The van der Waals surface area contributed by atoms with Crippen LogP contribution in [0.1, 0.15) is 42.5 Å². The Morgan fingerprint density at radius 3 is 2.86 bits per heavy atom. The summed E-state index contributed by atoms with van der Waals surface area (Å²) in [6.45, 7) is 0.776. The molecule has 0 aliphatic carbocycles. The van der Waals surface area contributed by atoms with Gasteiger partial charge in [-0.15, -0.1) is 0 Å². The van der Waals surface area contributed by atoms with E-state index in [1.807, 2.05) is 0 Å². The van der Waals surface area contributed by atoms with Crippen molar-refractivity contribution >= 4 is 33.5 Å². The van der Waals surface area contributed by atoms with Crippen molar-refractivity contribution in [2.24, 2.45) is 0 Å². The molecule has 114 valence electrons. The normalized spacial score (nSPS) is 18.2. The van der Waals surface area contributed by atoms with Gasteiger partial charge in [-0.3, -0.25) is 4.79 Å². The molecule has 5 nitrogen and oxygen atoms in total. The molecule has 1 fully saturated rings. The highest BCUT2D eigenvalue weighted by atomic mass is 79.9. The molecule has 0 spiro atoms. The Labute approximate surface area is 131 Å². The molecule has 1 aromatic carbocycles. The Hall–Kier alpha value is -1.40. The van der Waals surface area contributed by atoms with Gasteiger partial charge in [0.2, 0.25) is 5.91 Å². The number of anilines is 1. The molecule has 1 unspecified atom stereocenters. The lowest BCUT2D eigenvalue weighted by Crippen LogP contribution is -2.22. The van der Waals surface area contributed by atoms with Crippen LogP contribution < -0.4 is 5.32 Å². The zero-order chi connectivity index (χ0) is 15.2. The summed E-state index contributed by atoms with van der Waals surface area (Å²) in [6, 6.07) is 4.54. The van der Waals surface area contributed by atoms with Crippen molar-refractivity contribution in [1.29, 1.82) is 0 Å². The number of nitrogens with one attached hydrogen (secondary N) is 1. The second kappa shape index (κ2) is 7.56. The maximum Gasteiger partial charge on any atom is 0.335 e. The van der Waals surface area contributed by atoms with Crippen LogP contribution in [0.5, 0.6) is 0 Å². The van der Waals surface area contributed by atoms with Gasteiger partial charge in [0.1, 0.15) is 0 Å². The summed E-state index contributed by atoms with van der Waals surface area (Å²) in [4.78, 5) is 22.9. The van der Waals surface area contributed by atoms with Gasteiger partial charge in [-0.2, -0.15) is 0 Å². The van der Waals surface area contributed by atoms with Gasteiger partial charge in [0.05, 0.1) is 17.4 Å². The molecular weight excluding hydrogens is 338 g/mol. The van der Waals surface area contributed by atoms with E-state index in [0.717, 1.165) is 25.9 Å². The van der Waals surface area contributed by atoms with E-state index >= 15 is 0 Å². The van der Waals surface area contributed by atoms with Crippen LogP contribution in [0.25, 0.3) is 0 Å². The third-order valence-corrected chi connectivity index (χ3v) is 4.15. The number of aromatic carboxylic acids is 1. The maximum absolute atomic E-state index is 12.0. The lowest BCUT2D eigenvalue weighted by Gasteiger charge is -2.22. The van der Waals surface area contributed by atoms with E-state index in [2.05, 4.69) is 21.2 Å². The van der Waals surface area contributed by atoms with Gasteiger partial charge < -0.3 is 15.2 Å².